The van der Waals surface area contributed by atoms with Crippen LogP contribution in [0.4, 0.5) is 11.4 Å². The van der Waals surface area contributed by atoms with E-state index in [1.807, 2.05) is 26.0 Å². The Hall–Kier alpha value is -2.95. The van der Waals surface area contributed by atoms with Crippen LogP contribution in [0.3, 0.4) is 0 Å². The monoisotopic (exact) mass is 392 g/mol. The van der Waals surface area contributed by atoms with Gasteiger partial charge in [0.1, 0.15) is 0 Å². The summed E-state index contributed by atoms with van der Waals surface area (Å²) in [4.78, 5) is 36.4. The summed E-state index contributed by atoms with van der Waals surface area (Å²) in [7, 11) is 0. The van der Waals surface area contributed by atoms with E-state index in [9.17, 15) is 14.4 Å². The lowest BCUT2D eigenvalue weighted by Gasteiger charge is -2.16. The summed E-state index contributed by atoms with van der Waals surface area (Å²) in [5, 5.41) is 5.60. The number of ketones is 1. The van der Waals surface area contributed by atoms with Gasteiger partial charge >= 0.3 is 0 Å². The van der Waals surface area contributed by atoms with E-state index >= 15 is 0 Å². The van der Waals surface area contributed by atoms with Gasteiger partial charge in [0.15, 0.2) is 5.78 Å². The molecule has 3 rings (SSSR count). The second kappa shape index (κ2) is 9.50. The SMILES string of the molecule is CC(C)C(=O)Nc1ccc(NC(=O)CCC(=O)c2ccc3c(c2)CCCC3)cc1. The van der Waals surface area contributed by atoms with E-state index in [4.69, 9.17) is 0 Å². The maximum Gasteiger partial charge on any atom is 0.226 e. The van der Waals surface area contributed by atoms with E-state index < -0.39 is 0 Å². The molecule has 2 amide bonds. The molecule has 1 aliphatic rings. The number of aryl methyl sites for hydroxylation is 2. The number of amides is 2. The number of hydrogen-bond acceptors (Lipinski definition) is 3. The van der Waals surface area contributed by atoms with Crippen LogP contribution in [0.25, 0.3) is 0 Å². The van der Waals surface area contributed by atoms with Crippen molar-refractivity contribution in [3.05, 3.63) is 59.2 Å². The Morgan fingerprint density at radius 2 is 1.45 bits per heavy atom. The zero-order valence-electron chi connectivity index (χ0n) is 17.1. The molecule has 0 radical (unpaired) electrons. The van der Waals surface area contributed by atoms with Crippen LogP contribution in [0.15, 0.2) is 42.5 Å². The molecule has 0 fully saturated rings. The van der Waals surface area contributed by atoms with E-state index in [1.54, 1.807) is 24.3 Å². The highest BCUT2D eigenvalue weighted by Gasteiger charge is 2.14. The molecular weight excluding hydrogens is 364 g/mol. The maximum atomic E-state index is 12.5. The van der Waals surface area contributed by atoms with Crippen molar-refractivity contribution in [3.63, 3.8) is 0 Å². The third kappa shape index (κ3) is 5.76. The predicted octanol–water partition coefficient (Wildman–Crippen LogP) is 4.76. The van der Waals surface area contributed by atoms with Gasteiger partial charge in [-0.2, -0.15) is 0 Å². The highest BCUT2D eigenvalue weighted by Crippen LogP contribution is 2.23. The van der Waals surface area contributed by atoms with Crippen molar-refractivity contribution in [3.8, 4) is 0 Å². The molecule has 0 unspecified atom stereocenters. The zero-order valence-corrected chi connectivity index (χ0v) is 17.1. The molecule has 2 N–H and O–H groups in total. The highest BCUT2D eigenvalue weighted by atomic mass is 16.2. The summed E-state index contributed by atoms with van der Waals surface area (Å²) in [6.07, 6.45) is 4.84. The third-order valence-corrected chi connectivity index (χ3v) is 5.21. The van der Waals surface area contributed by atoms with E-state index in [0.29, 0.717) is 16.9 Å². The van der Waals surface area contributed by atoms with Gasteiger partial charge < -0.3 is 10.6 Å². The van der Waals surface area contributed by atoms with Crippen molar-refractivity contribution >= 4 is 29.0 Å². The molecular formula is C24H28N2O3. The number of Topliss-reactive ketones (excluding diaryl/α,β-unsaturated/α-hetero) is 1. The Labute approximate surface area is 171 Å². The molecule has 0 aliphatic heterocycles. The Balaban J connectivity index is 1.49. The van der Waals surface area contributed by atoms with Crippen LogP contribution in [-0.2, 0) is 22.4 Å². The van der Waals surface area contributed by atoms with Crippen LogP contribution in [0.1, 0.15) is 61.0 Å². The summed E-state index contributed by atoms with van der Waals surface area (Å²) in [5.41, 5.74) is 4.64. The number of anilines is 2. The normalized spacial score (nSPS) is 12.9. The Morgan fingerprint density at radius 3 is 2.10 bits per heavy atom. The van der Waals surface area contributed by atoms with Crippen LogP contribution in [-0.4, -0.2) is 17.6 Å². The van der Waals surface area contributed by atoms with Gasteiger partial charge in [-0.1, -0.05) is 26.0 Å². The molecule has 0 bridgehead atoms. The second-order valence-electron chi connectivity index (χ2n) is 7.88. The standard InChI is InChI=1S/C24H28N2O3/c1-16(2)24(29)26-21-11-9-20(10-12-21)25-23(28)14-13-22(27)19-8-7-17-5-3-4-6-18(17)15-19/h7-12,15-16H,3-6,13-14H2,1-2H3,(H,25,28)(H,26,29). The van der Waals surface area contributed by atoms with Gasteiger partial charge in [0.2, 0.25) is 11.8 Å². The summed E-state index contributed by atoms with van der Waals surface area (Å²) in [5.74, 6) is -0.347. The first-order chi connectivity index (χ1) is 13.9. The van der Waals surface area contributed by atoms with Crippen molar-refractivity contribution in [1.29, 1.82) is 0 Å². The van der Waals surface area contributed by atoms with Gasteiger partial charge in [-0.05, 0) is 67.1 Å². The van der Waals surface area contributed by atoms with Crippen LogP contribution in [0.2, 0.25) is 0 Å². The minimum atomic E-state index is -0.199. The predicted molar refractivity (Wildman–Crippen MR) is 115 cm³/mol. The fourth-order valence-electron chi connectivity index (χ4n) is 3.43. The molecule has 1 aliphatic carbocycles. The van der Waals surface area contributed by atoms with Crippen LogP contribution >= 0.6 is 0 Å². The topological polar surface area (TPSA) is 75.3 Å². The molecule has 29 heavy (non-hydrogen) atoms. The van der Waals surface area contributed by atoms with E-state index in [-0.39, 0.29) is 36.4 Å². The van der Waals surface area contributed by atoms with Crippen LogP contribution in [0, 0.1) is 5.92 Å². The number of carbonyl (C=O) groups is 3. The molecule has 0 atom stereocenters. The van der Waals surface area contributed by atoms with Gasteiger partial charge in [0, 0.05) is 35.7 Å². The molecule has 152 valence electrons. The first-order valence-corrected chi connectivity index (χ1v) is 10.3. The lowest BCUT2D eigenvalue weighted by Crippen LogP contribution is -2.17. The molecule has 0 saturated carbocycles. The number of carbonyl (C=O) groups excluding carboxylic acids is 3. The van der Waals surface area contributed by atoms with Gasteiger partial charge in [-0.3, -0.25) is 14.4 Å². The second-order valence-corrected chi connectivity index (χ2v) is 7.88. The molecule has 5 nitrogen and oxygen atoms in total. The maximum absolute atomic E-state index is 12.5. The highest BCUT2D eigenvalue weighted by molar-refractivity contribution is 6.00. The molecule has 0 heterocycles. The molecule has 5 heteroatoms. The minimum absolute atomic E-state index is 0.000249. The van der Waals surface area contributed by atoms with E-state index in [0.717, 1.165) is 12.8 Å². The number of benzene rings is 2. The molecule has 2 aromatic rings. The summed E-state index contributed by atoms with van der Waals surface area (Å²) < 4.78 is 0. The molecule has 0 spiro atoms. The average molecular weight is 392 g/mol. The van der Waals surface area contributed by atoms with Crippen LogP contribution < -0.4 is 10.6 Å². The first kappa shape index (κ1) is 20.8. The Bertz CT molecular complexity index is 901. The zero-order chi connectivity index (χ0) is 20.8. The van der Waals surface area contributed by atoms with Gasteiger partial charge in [-0.15, -0.1) is 0 Å². The fraction of sp³-hybridized carbons (Fsp3) is 0.375. The Morgan fingerprint density at radius 1 is 0.828 bits per heavy atom. The van der Waals surface area contributed by atoms with Crippen LogP contribution in [0.5, 0.6) is 0 Å². The summed E-state index contributed by atoms with van der Waals surface area (Å²) >= 11 is 0. The van der Waals surface area contributed by atoms with E-state index in [1.165, 1.54) is 24.0 Å². The van der Waals surface area contributed by atoms with Crippen molar-refractivity contribution in [2.75, 3.05) is 10.6 Å². The molecule has 0 aromatic heterocycles. The number of rotatable bonds is 7. The van der Waals surface area contributed by atoms with Gasteiger partial charge in [0.25, 0.3) is 0 Å². The van der Waals surface area contributed by atoms with Gasteiger partial charge in [0.05, 0.1) is 0 Å². The van der Waals surface area contributed by atoms with Crippen molar-refractivity contribution in [2.24, 2.45) is 5.92 Å². The minimum Gasteiger partial charge on any atom is -0.326 e. The molecule has 2 aromatic carbocycles. The summed E-state index contributed by atoms with van der Waals surface area (Å²) in [6.45, 7) is 3.66. The number of fused-ring (bicyclic) bond motifs is 1. The van der Waals surface area contributed by atoms with Crippen molar-refractivity contribution in [1.82, 2.24) is 0 Å². The molecule has 0 saturated heterocycles. The quantitative estimate of drug-likeness (QED) is 0.667. The fourth-order valence-corrected chi connectivity index (χ4v) is 3.43. The summed E-state index contributed by atoms with van der Waals surface area (Å²) in [6, 6.07) is 12.9. The van der Waals surface area contributed by atoms with Gasteiger partial charge in [-0.25, -0.2) is 0 Å². The smallest absolute Gasteiger partial charge is 0.226 e. The van der Waals surface area contributed by atoms with Crippen molar-refractivity contribution < 1.29 is 14.4 Å². The number of hydrogen-bond donors (Lipinski definition) is 2. The van der Waals surface area contributed by atoms with Crippen molar-refractivity contribution in [2.45, 2.75) is 52.4 Å². The average Bonchev–Trinajstić information content (AvgIpc) is 2.73. The number of nitrogens with one attached hydrogen (secondary N) is 2. The lowest BCUT2D eigenvalue weighted by molar-refractivity contribution is -0.119. The largest absolute Gasteiger partial charge is 0.326 e. The third-order valence-electron chi connectivity index (χ3n) is 5.21. The lowest BCUT2D eigenvalue weighted by atomic mass is 9.89. The van der Waals surface area contributed by atoms with E-state index in [2.05, 4.69) is 16.7 Å². The Kier molecular flexibility index (Phi) is 6.81. The first-order valence-electron chi connectivity index (χ1n) is 10.3.